The number of nitrogens with zero attached hydrogens (tertiary/aromatic N) is 2. The summed E-state index contributed by atoms with van der Waals surface area (Å²) in [7, 11) is 0.358. The Hall–Kier alpha value is 0.120. The maximum Gasteiger partial charge on any atom is 0.281 e. The van der Waals surface area contributed by atoms with Crippen molar-refractivity contribution in [3.8, 4) is 0 Å². The molecule has 5 nitrogen and oxygen atoms in total. The molecule has 1 saturated heterocycles. The van der Waals surface area contributed by atoms with Crippen LogP contribution in [0.5, 0.6) is 0 Å². The smallest absolute Gasteiger partial charge is 0.281 e. The van der Waals surface area contributed by atoms with Crippen LogP contribution in [0.4, 0.5) is 0 Å². The van der Waals surface area contributed by atoms with Gasteiger partial charge in [-0.2, -0.15) is 17.0 Å². The van der Waals surface area contributed by atoms with Gasteiger partial charge < -0.3 is 5.32 Å². The van der Waals surface area contributed by atoms with Crippen LogP contribution in [-0.4, -0.2) is 57.3 Å². The summed E-state index contributed by atoms with van der Waals surface area (Å²) in [6, 6.07) is 0. The normalized spacial score (nSPS) is 21.4. The fraction of sp³-hybridized carbons (Fsp3) is 1.00. The van der Waals surface area contributed by atoms with Crippen molar-refractivity contribution in [2.24, 2.45) is 5.92 Å². The van der Waals surface area contributed by atoms with Crippen molar-refractivity contribution in [1.82, 2.24) is 13.9 Å². The number of hydrogen-bond donors (Lipinski definition) is 1. The summed E-state index contributed by atoms with van der Waals surface area (Å²) >= 11 is 0. The molecule has 1 rings (SSSR count). The van der Waals surface area contributed by atoms with Gasteiger partial charge in [0, 0.05) is 26.7 Å². The van der Waals surface area contributed by atoms with Crippen LogP contribution >= 0.6 is 12.4 Å². The zero-order valence-corrected chi connectivity index (χ0v) is 13.9. The number of hydrogen-bond acceptors (Lipinski definition) is 3. The molecule has 0 aromatic rings. The van der Waals surface area contributed by atoms with Crippen molar-refractivity contribution in [3.05, 3.63) is 0 Å². The van der Waals surface area contributed by atoms with Crippen molar-refractivity contribution in [3.63, 3.8) is 0 Å². The first-order valence-corrected chi connectivity index (χ1v) is 8.28. The molecule has 1 heterocycles. The van der Waals surface area contributed by atoms with Crippen LogP contribution < -0.4 is 5.32 Å². The lowest BCUT2D eigenvalue weighted by atomic mass is 10.00. The Bertz CT molecular complexity index is 336. The van der Waals surface area contributed by atoms with Crippen LogP contribution in [0.3, 0.4) is 0 Å². The van der Waals surface area contributed by atoms with E-state index in [0.29, 0.717) is 25.6 Å². The average Bonchev–Trinajstić information content (AvgIpc) is 2.36. The fourth-order valence-electron chi connectivity index (χ4n) is 2.38. The highest BCUT2D eigenvalue weighted by Gasteiger charge is 2.31. The second-order valence-electron chi connectivity index (χ2n) is 5.11. The lowest BCUT2D eigenvalue weighted by molar-refractivity contribution is 0.248. The summed E-state index contributed by atoms with van der Waals surface area (Å²) in [5.74, 6) is 0.443. The van der Waals surface area contributed by atoms with Gasteiger partial charge in [-0.1, -0.05) is 13.3 Å². The van der Waals surface area contributed by atoms with E-state index in [1.54, 1.807) is 11.4 Å². The van der Waals surface area contributed by atoms with Gasteiger partial charge >= 0.3 is 0 Å². The highest BCUT2D eigenvalue weighted by atomic mass is 35.5. The van der Waals surface area contributed by atoms with Crippen molar-refractivity contribution < 1.29 is 8.42 Å². The van der Waals surface area contributed by atoms with E-state index in [9.17, 15) is 8.42 Å². The van der Waals surface area contributed by atoms with Crippen LogP contribution in [0.25, 0.3) is 0 Å². The lowest BCUT2D eigenvalue weighted by Crippen LogP contribution is -2.48. The van der Waals surface area contributed by atoms with Gasteiger partial charge in [0.05, 0.1) is 0 Å². The monoisotopic (exact) mass is 313 g/mol. The molecular formula is C12H28ClN3O2S. The molecule has 1 N–H and O–H groups in total. The summed E-state index contributed by atoms with van der Waals surface area (Å²) < 4.78 is 27.9. The van der Waals surface area contributed by atoms with Gasteiger partial charge in [-0.3, -0.25) is 0 Å². The molecular weight excluding hydrogens is 286 g/mol. The standard InChI is InChI=1S/C12H27N3O2S.ClH/c1-4-5-8-14(3)18(16,17)15-9-6-7-12(11-15)10-13-2;/h12-13H,4-11H2,1-3H3;1H. The average molecular weight is 314 g/mol. The second-order valence-corrected chi connectivity index (χ2v) is 7.14. The Balaban J connectivity index is 0.00000324. The van der Waals surface area contributed by atoms with Crippen LogP contribution in [0, 0.1) is 5.92 Å². The predicted molar refractivity (Wildman–Crippen MR) is 81.9 cm³/mol. The minimum absolute atomic E-state index is 0. The first-order chi connectivity index (χ1) is 8.52. The van der Waals surface area contributed by atoms with E-state index in [2.05, 4.69) is 12.2 Å². The van der Waals surface area contributed by atoms with E-state index in [1.165, 1.54) is 4.31 Å². The zero-order valence-electron chi connectivity index (χ0n) is 12.3. The SMILES string of the molecule is CCCCN(C)S(=O)(=O)N1CCCC(CNC)C1.Cl. The molecule has 1 fully saturated rings. The molecule has 1 aliphatic heterocycles. The van der Waals surface area contributed by atoms with Gasteiger partial charge in [-0.25, -0.2) is 0 Å². The maximum atomic E-state index is 12.4. The minimum atomic E-state index is -3.25. The van der Waals surface area contributed by atoms with Gasteiger partial charge in [-0.05, 0) is 38.8 Å². The Morgan fingerprint density at radius 3 is 2.68 bits per heavy atom. The largest absolute Gasteiger partial charge is 0.319 e. The number of rotatable bonds is 7. The summed E-state index contributed by atoms with van der Waals surface area (Å²) in [5.41, 5.74) is 0. The predicted octanol–water partition coefficient (Wildman–Crippen LogP) is 1.32. The molecule has 0 aromatic heterocycles. The maximum absolute atomic E-state index is 12.4. The fourth-order valence-corrected chi connectivity index (χ4v) is 3.90. The number of nitrogens with one attached hydrogen (secondary N) is 1. The third-order valence-electron chi connectivity index (χ3n) is 3.52. The molecule has 0 amide bonds. The third-order valence-corrected chi connectivity index (χ3v) is 5.48. The van der Waals surface area contributed by atoms with E-state index < -0.39 is 10.2 Å². The van der Waals surface area contributed by atoms with Crippen molar-refractivity contribution >= 4 is 22.6 Å². The highest BCUT2D eigenvalue weighted by molar-refractivity contribution is 7.86. The van der Waals surface area contributed by atoms with Crippen LogP contribution in [0.15, 0.2) is 0 Å². The number of unbranched alkanes of at least 4 members (excludes halogenated alkanes) is 1. The summed E-state index contributed by atoms with van der Waals surface area (Å²) in [6.45, 7) is 4.90. The quantitative estimate of drug-likeness (QED) is 0.771. The molecule has 7 heteroatoms. The van der Waals surface area contributed by atoms with Gasteiger partial charge in [0.2, 0.25) is 0 Å². The number of piperidine rings is 1. The molecule has 19 heavy (non-hydrogen) atoms. The van der Waals surface area contributed by atoms with Crippen molar-refractivity contribution in [2.45, 2.75) is 32.6 Å². The molecule has 1 unspecified atom stereocenters. The molecule has 0 saturated carbocycles. The van der Waals surface area contributed by atoms with Gasteiger partial charge in [-0.15, -0.1) is 12.4 Å². The van der Waals surface area contributed by atoms with Crippen LogP contribution in [0.2, 0.25) is 0 Å². The first-order valence-electron chi connectivity index (χ1n) is 6.88. The molecule has 0 aromatic carbocycles. The molecule has 0 radical (unpaired) electrons. The summed E-state index contributed by atoms with van der Waals surface area (Å²) in [4.78, 5) is 0. The second kappa shape index (κ2) is 9.13. The van der Waals surface area contributed by atoms with Crippen LogP contribution in [0.1, 0.15) is 32.6 Å². The van der Waals surface area contributed by atoms with E-state index >= 15 is 0 Å². The molecule has 116 valence electrons. The third kappa shape index (κ3) is 5.55. The first kappa shape index (κ1) is 19.1. The topological polar surface area (TPSA) is 52.7 Å². The Morgan fingerprint density at radius 2 is 2.11 bits per heavy atom. The zero-order chi connectivity index (χ0) is 13.6. The van der Waals surface area contributed by atoms with Gasteiger partial charge in [0.1, 0.15) is 0 Å². The van der Waals surface area contributed by atoms with E-state index in [4.69, 9.17) is 0 Å². The summed E-state index contributed by atoms with van der Waals surface area (Å²) in [6.07, 6.45) is 4.02. The highest BCUT2D eigenvalue weighted by Crippen LogP contribution is 2.20. The van der Waals surface area contributed by atoms with E-state index in [-0.39, 0.29) is 12.4 Å². The van der Waals surface area contributed by atoms with E-state index in [0.717, 1.165) is 32.2 Å². The van der Waals surface area contributed by atoms with Crippen molar-refractivity contribution in [1.29, 1.82) is 0 Å². The van der Waals surface area contributed by atoms with Crippen LogP contribution in [-0.2, 0) is 10.2 Å². The number of halogens is 1. The Kier molecular flexibility index (Phi) is 9.19. The van der Waals surface area contributed by atoms with Gasteiger partial charge in [0.25, 0.3) is 10.2 Å². The minimum Gasteiger partial charge on any atom is -0.319 e. The molecule has 1 aliphatic rings. The Labute approximate surface area is 124 Å². The molecule has 0 bridgehead atoms. The van der Waals surface area contributed by atoms with Gasteiger partial charge in [0.15, 0.2) is 0 Å². The Morgan fingerprint density at radius 1 is 1.42 bits per heavy atom. The van der Waals surface area contributed by atoms with Crippen molar-refractivity contribution in [2.75, 3.05) is 40.3 Å². The lowest BCUT2D eigenvalue weighted by Gasteiger charge is -2.34. The summed E-state index contributed by atoms with van der Waals surface area (Å²) in [5, 5.41) is 3.14. The molecule has 0 aliphatic carbocycles. The molecule has 1 atom stereocenters. The molecule has 0 spiro atoms. The van der Waals surface area contributed by atoms with E-state index in [1.807, 2.05) is 7.05 Å².